The van der Waals surface area contributed by atoms with Crippen LogP contribution in [0, 0.1) is 0 Å². The molecule has 30 valence electrons. The predicted octanol–water partition coefficient (Wildman–Crippen LogP) is -2.70. The Hall–Kier alpha value is 1.84. The van der Waals surface area contributed by atoms with E-state index in [-0.39, 0.29) is 43.2 Å². The van der Waals surface area contributed by atoms with E-state index in [1.54, 1.807) is 0 Å². The minimum absolute atomic E-state index is 0. The van der Waals surface area contributed by atoms with Gasteiger partial charge in [-0.3, -0.25) is 0 Å². The summed E-state index contributed by atoms with van der Waals surface area (Å²) in [6.07, 6.45) is 0. The van der Waals surface area contributed by atoms with Crippen LogP contribution >= 0.6 is 0 Å². The smallest absolute Gasteiger partial charge is 0.0774 e. The van der Waals surface area contributed by atoms with Crippen molar-refractivity contribution in [2.75, 3.05) is 0 Å². The summed E-state index contributed by atoms with van der Waals surface area (Å²) in [5, 5.41) is 0. The van der Waals surface area contributed by atoms with Crippen LogP contribution in [0.4, 0.5) is 0 Å². The first-order valence-corrected chi connectivity index (χ1v) is 8.49. The molecule has 0 nitrogen and oxygen atoms in total. The molecule has 5 heavy (non-hydrogen) atoms. The average molecular weight is 285 g/mol. The number of rotatable bonds is 0. The van der Waals surface area contributed by atoms with E-state index >= 15 is 0 Å². The van der Waals surface area contributed by atoms with Gasteiger partial charge < -0.3 is 0 Å². The third-order valence-corrected chi connectivity index (χ3v) is 0. The van der Waals surface area contributed by atoms with Crippen molar-refractivity contribution in [1.29, 1.82) is 0 Å². The second-order valence-electron chi connectivity index (χ2n) is 0.707. The molecule has 0 amide bonds. The largest absolute Gasteiger partial charge is 0.187 e. The molecule has 0 N–H and O–H groups in total. The summed E-state index contributed by atoms with van der Waals surface area (Å²) in [6, 6.07) is 0. The van der Waals surface area contributed by atoms with Crippen molar-refractivity contribution in [2.45, 2.75) is 6.55 Å². The van der Waals surface area contributed by atoms with Crippen molar-refractivity contribution < 1.29 is 25.8 Å². The molecule has 0 saturated heterocycles. The fraction of sp³-hybridized carbons (Fsp3) is 1.00. The second-order valence-corrected chi connectivity index (χ2v) is 6.36. The van der Waals surface area contributed by atoms with Gasteiger partial charge in [0, 0.05) is 34.9 Å². The van der Waals surface area contributed by atoms with Crippen molar-refractivity contribution in [2.24, 2.45) is 0 Å². The number of hydrogen-bond acceptors (Lipinski definition) is 0. The summed E-state index contributed by atoms with van der Waals surface area (Å²) in [5.41, 5.74) is 0. The zero-order valence-electron chi connectivity index (χ0n) is 3.21. The van der Waals surface area contributed by atoms with Crippen LogP contribution in [-0.2, 0) is 25.8 Å². The van der Waals surface area contributed by atoms with Crippen LogP contribution in [0.5, 0.6) is 0 Å². The summed E-state index contributed by atoms with van der Waals surface area (Å²) in [7, 11) is 2.06. The molecule has 0 spiro atoms. The van der Waals surface area contributed by atoms with Gasteiger partial charge in [0.2, 0.25) is 0 Å². The van der Waals surface area contributed by atoms with Gasteiger partial charge in [0.15, 0.2) is 17.4 Å². The SMILES string of the molecule is C[SiH2][SiH3].[AlH3].[Hf]. The Bertz CT molecular complexity index is 9.61. The quantitative estimate of drug-likeness (QED) is 0.425. The molecular formula is CH11AlHfSi2. The minimum atomic E-state index is 0. The van der Waals surface area contributed by atoms with Gasteiger partial charge >= 0.3 is 0 Å². The van der Waals surface area contributed by atoms with Gasteiger partial charge in [-0.2, -0.15) is 0 Å². The maximum Gasteiger partial charge on any atom is 0.187 e. The van der Waals surface area contributed by atoms with Gasteiger partial charge in [0.1, 0.15) is 0 Å². The molecule has 0 heterocycles. The monoisotopic (exact) mass is 286 g/mol. The topological polar surface area (TPSA) is 0 Å². The zero-order valence-corrected chi connectivity index (χ0v) is 10.2. The molecule has 4 heteroatoms. The standard InChI is InChI=1S/CH8Si2.Al.Hf.3H/c1-3-2;;;;;/h3H2,1-2H3;;;;;. The Morgan fingerprint density at radius 3 is 1.60 bits per heavy atom. The predicted molar refractivity (Wildman–Crippen MR) is 34.3 cm³/mol. The van der Waals surface area contributed by atoms with Crippen LogP contribution < -0.4 is 0 Å². The Morgan fingerprint density at radius 1 is 1.60 bits per heavy atom. The third-order valence-electron chi connectivity index (χ3n) is 0. The van der Waals surface area contributed by atoms with Crippen LogP contribution in [0.25, 0.3) is 0 Å². The van der Waals surface area contributed by atoms with Crippen molar-refractivity contribution in [3.63, 3.8) is 0 Å². The molecule has 0 aromatic rings. The normalized spacial score (nSPS) is 6.60. The Morgan fingerprint density at radius 2 is 1.60 bits per heavy atom. The summed E-state index contributed by atoms with van der Waals surface area (Å²) in [5.74, 6) is 0. The van der Waals surface area contributed by atoms with E-state index in [1.165, 1.54) is 9.76 Å². The second kappa shape index (κ2) is 17.0. The maximum absolute atomic E-state index is 2.33. The molecule has 0 rings (SSSR count). The zero-order chi connectivity index (χ0) is 2.71. The molecule has 0 atom stereocenters. The van der Waals surface area contributed by atoms with Gasteiger partial charge in [-0.1, -0.05) is 6.55 Å². The molecule has 0 aromatic carbocycles. The molecule has 0 aliphatic rings. The van der Waals surface area contributed by atoms with E-state index in [9.17, 15) is 0 Å². The minimum Gasteiger partial charge on any atom is -0.0774 e. The Balaban J connectivity index is -0.0000000200. The van der Waals surface area contributed by atoms with Gasteiger partial charge in [-0.15, -0.1) is 0 Å². The molecule has 0 aliphatic heterocycles. The molecule has 0 fully saturated rings. The van der Waals surface area contributed by atoms with Crippen LogP contribution in [0.2, 0.25) is 6.55 Å². The van der Waals surface area contributed by atoms with Crippen LogP contribution in [0.15, 0.2) is 0 Å². The van der Waals surface area contributed by atoms with Gasteiger partial charge in [0.05, 0.1) is 0 Å². The fourth-order valence-electron chi connectivity index (χ4n) is 0. The number of hydrogen-bond donors (Lipinski definition) is 0. The molecule has 0 bridgehead atoms. The molecule has 0 unspecified atom stereocenters. The summed E-state index contributed by atoms with van der Waals surface area (Å²) in [4.78, 5) is 0. The van der Waals surface area contributed by atoms with Gasteiger partial charge in [-0.05, 0) is 9.76 Å². The summed E-state index contributed by atoms with van der Waals surface area (Å²) >= 11 is 0. The van der Waals surface area contributed by atoms with Crippen molar-refractivity contribution in [1.82, 2.24) is 0 Å². The Labute approximate surface area is 68.1 Å². The van der Waals surface area contributed by atoms with E-state index in [2.05, 4.69) is 6.55 Å². The molecule has 0 aliphatic carbocycles. The van der Waals surface area contributed by atoms with Crippen LogP contribution in [0.3, 0.4) is 0 Å². The van der Waals surface area contributed by atoms with E-state index in [0.29, 0.717) is 9.04 Å². The first kappa shape index (κ1) is 15.8. The molecule has 0 radical (unpaired) electrons. The first-order chi connectivity index (χ1) is 1.41. The van der Waals surface area contributed by atoms with E-state index < -0.39 is 0 Å². The van der Waals surface area contributed by atoms with Crippen molar-refractivity contribution in [3.05, 3.63) is 0 Å². The van der Waals surface area contributed by atoms with Gasteiger partial charge in [0.25, 0.3) is 0 Å². The molecule has 0 aromatic heterocycles. The van der Waals surface area contributed by atoms with E-state index in [1.807, 2.05) is 0 Å². The van der Waals surface area contributed by atoms with E-state index in [4.69, 9.17) is 0 Å². The van der Waals surface area contributed by atoms with Crippen LogP contribution in [0.1, 0.15) is 0 Å². The summed E-state index contributed by atoms with van der Waals surface area (Å²) in [6.45, 7) is 2.33. The van der Waals surface area contributed by atoms with E-state index in [0.717, 1.165) is 0 Å². The Kier molecular flexibility index (Phi) is 53.7. The molecule has 0 saturated carbocycles. The molecular weight excluding hydrogens is 274 g/mol. The van der Waals surface area contributed by atoms with Crippen molar-refractivity contribution in [3.8, 4) is 0 Å². The van der Waals surface area contributed by atoms with Gasteiger partial charge in [-0.25, -0.2) is 0 Å². The fourth-order valence-corrected chi connectivity index (χ4v) is 0. The first-order valence-electron chi connectivity index (χ1n) is 1.41. The van der Waals surface area contributed by atoms with Crippen LogP contribution in [-0.4, -0.2) is 36.2 Å². The van der Waals surface area contributed by atoms with Crippen molar-refractivity contribution >= 4 is 36.2 Å². The average Bonchev–Trinajstić information content (AvgIpc) is 0.918. The summed E-state index contributed by atoms with van der Waals surface area (Å²) < 4.78 is 0. The maximum atomic E-state index is 2.33. The third kappa shape index (κ3) is 25.5.